The maximum absolute atomic E-state index is 11.5. The molecule has 0 aliphatic heterocycles. The first-order valence-corrected chi connectivity index (χ1v) is 4.35. The monoisotopic (exact) mass is 203 g/mol. The predicted molar refractivity (Wildman–Crippen MR) is 55.0 cm³/mol. The number of ketones is 1. The molecule has 0 saturated heterocycles. The zero-order valence-electron chi connectivity index (χ0n) is 7.78. The van der Waals surface area contributed by atoms with Gasteiger partial charge in [-0.2, -0.15) is 0 Å². The number of carbonyl (C=O) groups excluding carboxylic acids is 2. The zero-order chi connectivity index (χ0) is 10.8. The van der Waals surface area contributed by atoms with Crippen LogP contribution >= 0.6 is 0 Å². The smallest absolute Gasteiger partial charge is 0.306 e. The number of rotatable bonds is 2. The SMILES string of the molecule is NNC(=O)C(=O)c1c[nH]c2ccccc12. The number of benzene rings is 1. The van der Waals surface area contributed by atoms with Gasteiger partial charge >= 0.3 is 5.91 Å². The second-order valence-corrected chi connectivity index (χ2v) is 3.05. The van der Waals surface area contributed by atoms with Crippen LogP contribution in [0.2, 0.25) is 0 Å². The molecule has 0 saturated carbocycles. The first-order valence-electron chi connectivity index (χ1n) is 4.35. The minimum absolute atomic E-state index is 0.327. The number of fused-ring (bicyclic) bond motifs is 1. The van der Waals surface area contributed by atoms with Crippen molar-refractivity contribution < 1.29 is 9.59 Å². The highest BCUT2D eigenvalue weighted by Crippen LogP contribution is 2.17. The molecule has 1 aromatic carbocycles. The molecule has 0 atom stereocenters. The van der Waals surface area contributed by atoms with E-state index in [1.807, 2.05) is 17.6 Å². The lowest BCUT2D eigenvalue weighted by atomic mass is 10.1. The molecule has 5 nitrogen and oxygen atoms in total. The highest BCUT2D eigenvalue weighted by atomic mass is 16.2. The summed E-state index contributed by atoms with van der Waals surface area (Å²) in [6.07, 6.45) is 1.50. The van der Waals surface area contributed by atoms with Crippen LogP contribution in [0.5, 0.6) is 0 Å². The van der Waals surface area contributed by atoms with Gasteiger partial charge in [-0.25, -0.2) is 5.84 Å². The Balaban J connectivity index is 2.53. The van der Waals surface area contributed by atoms with Crippen LogP contribution in [0.3, 0.4) is 0 Å². The fraction of sp³-hybridized carbons (Fsp3) is 0. The Hall–Kier alpha value is -2.14. The number of aromatic nitrogens is 1. The van der Waals surface area contributed by atoms with Crippen molar-refractivity contribution in [1.29, 1.82) is 0 Å². The highest BCUT2D eigenvalue weighted by Gasteiger charge is 2.18. The average Bonchev–Trinajstić information content (AvgIpc) is 2.70. The van der Waals surface area contributed by atoms with E-state index in [1.165, 1.54) is 6.20 Å². The Morgan fingerprint density at radius 3 is 2.73 bits per heavy atom. The topological polar surface area (TPSA) is 88.0 Å². The number of nitrogens with two attached hydrogens (primary N) is 1. The molecule has 15 heavy (non-hydrogen) atoms. The van der Waals surface area contributed by atoms with Crippen molar-refractivity contribution in [2.45, 2.75) is 0 Å². The van der Waals surface area contributed by atoms with Crippen LogP contribution in [0.4, 0.5) is 0 Å². The number of hydrazine groups is 1. The third kappa shape index (κ3) is 1.49. The lowest BCUT2D eigenvalue weighted by Gasteiger charge is -1.96. The van der Waals surface area contributed by atoms with Crippen LogP contribution < -0.4 is 11.3 Å². The normalized spacial score (nSPS) is 10.2. The van der Waals surface area contributed by atoms with Gasteiger partial charge < -0.3 is 4.98 Å². The van der Waals surface area contributed by atoms with E-state index in [-0.39, 0.29) is 0 Å². The number of Topliss-reactive ketones (excluding diaryl/α,β-unsaturated/α-hetero) is 1. The van der Waals surface area contributed by atoms with Crippen molar-refractivity contribution in [3.05, 3.63) is 36.0 Å². The summed E-state index contributed by atoms with van der Waals surface area (Å²) in [5, 5.41) is 0.714. The lowest BCUT2D eigenvalue weighted by molar-refractivity contribution is -0.117. The molecular weight excluding hydrogens is 194 g/mol. The minimum atomic E-state index is -0.820. The molecule has 1 heterocycles. The lowest BCUT2D eigenvalue weighted by Crippen LogP contribution is -2.36. The van der Waals surface area contributed by atoms with Crippen molar-refractivity contribution in [2.75, 3.05) is 0 Å². The van der Waals surface area contributed by atoms with Gasteiger partial charge in [0, 0.05) is 17.1 Å². The molecule has 0 unspecified atom stereocenters. The summed E-state index contributed by atoms with van der Waals surface area (Å²) >= 11 is 0. The second kappa shape index (κ2) is 3.55. The summed E-state index contributed by atoms with van der Waals surface area (Å²) in [6, 6.07) is 7.23. The van der Waals surface area contributed by atoms with Crippen molar-refractivity contribution >= 4 is 22.6 Å². The van der Waals surface area contributed by atoms with Gasteiger partial charge in [-0.15, -0.1) is 0 Å². The molecule has 0 fully saturated rings. The molecule has 0 spiro atoms. The van der Waals surface area contributed by atoms with E-state index in [0.717, 1.165) is 5.52 Å². The van der Waals surface area contributed by atoms with Crippen molar-refractivity contribution in [1.82, 2.24) is 10.4 Å². The van der Waals surface area contributed by atoms with Gasteiger partial charge in [0.05, 0.1) is 5.56 Å². The number of hydrogen-bond donors (Lipinski definition) is 3. The van der Waals surface area contributed by atoms with E-state index in [9.17, 15) is 9.59 Å². The molecule has 76 valence electrons. The fourth-order valence-electron chi connectivity index (χ4n) is 1.45. The number of carbonyl (C=O) groups is 2. The van der Waals surface area contributed by atoms with Gasteiger partial charge in [-0.3, -0.25) is 15.0 Å². The molecule has 1 aromatic heterocycles. The van der Waals surface area contributed by atoms with E-state index in [0.29, 0.717) is 10.9 Å². The zero-order valence-corrected chi connectivity index (χ0v) is 7.78. The molecular formula is C10H9N3O2. The summed E-state index contributed by atoms with van der Waals surface area (Å²) in [6.45, 7) is 0. The minimum Gasteiger partial charge on any atom is -0.360 e. The molecule has 2 rings (SSSR count). The van der Waals surface area contributed by atoms with Crippen LogP contribution in [-0.2, 0) is 4.79 Å². The molecule has 4 N–H and O–H groups in total. The third-order valence-corrected chi connectivity index (χ3v) is 2.17. The van der Waals surface area contributed by atoms with Gasteiger partial charge in [0.25, 0.3) is 5.78 Å². The number of para-hydroxylation sites is 1. The highest BCUT2D eigenvalue weighted by molar-refractivity contribution is 6.44. The average molecular weight is 203 g/mol. The first kappa shape index (κ1) is 9.42. The molecule has 1 amide bonds. The molecule has 5 heteroatoms. The standard InChI is InChI=1S/C10H9N3O2/c11-13-10(15)9(14)7-5-12-8-4-2-1-3-6(7)8/h1-5,12H,11H2,(H,13,15). The van der Waals surface area contributed by atoms with E-state index >= 15 is 0 Å². The van der Waals surface area contributed by atoms with Gasteiger partial charge in [-0.1, -0.05) is 18.2 Å². The van der Waals surface area contributed by atoms with Crippen molar-refractivity contribution in [3.8, 4) is 0 Å². The summed E-state index contributed by atoms with van der Waals surface area (Å²) in [4.78, 5) is 25.5. The summed E-state index contributed by atoms with van der Waals surface area (Å²) in [7, 11) is 0. The molecule has 0 radical (unpaired) electrons. The Morgan fingerprint density at radius 1 is 1.27 bits per heavy atom. The quantitative estimate of drug-likeness (QED) is 0.216. The maximum atomic E-state index is 11.5. The summed E-state index contributed by atoms with van der Waals surface area (Å²) < 4.78 is 0. The van der Waals surface area contributed by atoms with Crippen LogP contribution in [-0.4, -0.2) is 16.7 Å². The Labute approximate surface area is 85.2 Å². The molecule has 0 aliphatic carbocycles. The van der Waals surface area contributed by atoms with Crippen molar-refractivity contribution in [2.24, 2.45) is 5.84 Å². The number of amides is 1. The maximum Gasteiger partial charge on any atom is 0.306 e. The second-order valence-electron chi connectivity index (χ2n) is 3.05. The van der Waals surface area contributed by atoms with Crippen LogP contribution in [0.1, 0.15) is 10.4 Å². The fourth-order valence-corrected chi connectivity index (χ4v) is 1.45. The van der Waals surface area contributed by atoms with Crippen molar-refractivity contribution in [3.63, 3.8) is 0 Å². The Kier molecular flexibility index (Phi) is 2.23. The number of hydrogen-bond acceptors (Lipinski definition) is 3. The van der Waals surface area contributed by atoms with Crippen LogP contribution in [0.25, 0.3) is 10.9 Å². The van der Waals surface area contributed by atoms with Gasteiger partial charge in [0.15, 0.2) is 0 Å². The van der Waals surface area contributed by atoms with E-state index in [4.69, 9.17) is 5.84 Å². The Morgan fingerprint density at radius 2 is 2.00 bits per heavy atom. The predicted octanol–water partition coefficient (Wildman–Crippen LogP) is 0.340. The molecule has 0 aliphatic rings. The number of H-pyrrole nitrogens is 1. The van der Waals surface area contributed by atoms with E-state index in [2.05, 4.69) is 4.98 Å². The van der Waals surface area contributed by atoms with Gasteiger partial charge in [0.2, 0.25) is 0 Å². The Bertz CT molecular complexity index is 530. The summed E-state index contributed by atoms with van der Waals surface area (Å²) in [5.74, 6) is 3.43. The largest absolute Gasteiger partial charge is 0.360 e. The van der Waals surface area contributed by atoms with E-state index < -0.39 is 11.7 Å². The molecule has 0 bridgehead atoms. The van der Waals surface area contributed by atoms with Crippen LogP contribution in [0.15, 0.2) is 30.5 Å². The first-order chi connectivity index (χ1) is 7.24. The number of nitrogens with one attached hydrogen (secondary N) is 2. The van der Waals surface area contributed by atoms with Gasteiger partial charge in [-0.05, 0) is 6.07 Å². The van der Waals surface area contributed by atoms with Crippen LogP contribution in [0, 0.1) is 0 Å². The number of aromatic amines is 1. The third-order valence-electron chi connectivity index (χ3n) is 2.17. The summed E-state index contributed by atoms with van der Waals surface area (Å²) in [5.41, 5.74) is 2.95. The van der Waals surface area contributed by atoms with E-state index in [1.54, 1.807) is 12.1 Å². The molecule has 2 aromatic rings. The van der Waals surface area contributed by atoms with Gasteiger partial charge in [0.1, 0.15) is 0 Å².